The Morgan fingerprint density at radius 2 is 2.04 bits per heavy atom. The van der Waals surface area contributed by atoms with Crippen LogP contribution in [0.1, 0.15) is 25.0 Å². The number of likely N-dealkylation sites (tertiary alicyclic amines) is 1. The molecule has 1 atom stereocenters. The Bertz CT molecular complexity index is 695. The second-order valence-electron chi connectivity index (χ2n) is 7.36. The molecule has 1 aromatic carbocycles. The van der Waals surface area contributed by atoms with Crippen LogP contribution in [0.15, 0.2) is 36.4 Å². The number of benzene rings is 1. The predicted octanol–water partition coefficient (Wildman–Crippen LogP) is 3.25. The third-order valence-corrected chi connectivity index (χ3v) is 5.60. The van der Waals surface area contributed by atoms with E-state index in [1.54, 1.807) is 7.11 Å². The Kier molecular flexibility index (Phi) is 4.53. The molecule has 0 bridgehead atoms. The van der Waals surface area contributed by atoms with E-state index in [0.29, 0.717) is 11.5 Å². The summed E-state index contributed by atoms with van der Waals surface area (Å²) in [6.07, 6.45) is 3.90. The second kappa shape index (κ2) is 6.79. The molecule has 0 aliphatic carbocycles. The second-order valence-corrected chi connectivity index (χ2v) is 7.36. The number of hydrogen-bond acceptors (Lipinski definition) is 4. The van der Waals surface area contributed by atoms with Gasteiger partial charge < -0.3 is 9.47 Å². The van der Waals surface area contributed by atoms with E-state index < -0.39 is 0 Å². The molecule has 4 heteroatoms. The smallest absolute Gasteiger partial charge is 0.0814 e. The zero-order chi connectivity index (χ0) is 16.4. The van der Waals surface area contributed by atoms with E-state index in [1.165, 1.54) is 23.9 Å². The molecular weight excluding hydrogens is 300 g/mol. The van der Waals surface area contributed by atoms with Crippen LogP contribution in [0.25, 0.3) is 10.9 Å². The van der Waals surface area contributed by atoms with Crippen LogP contribution < -0.4 is 0 Å². The monoisotopic (exact) mass is 326 g/mol. The first-order valence-electron chi connectivity index (χ1n) is 8.94. The fraction of sp³-hybridized carbons (Fsp3) is 0.550. The molecule has 0 N–H and O–H groups in total. The van der Waals surface area contributed by atoms with Crippen molar-refractivity contribution >= 4 is 10.9 Å². The molecule has 0 radical (unpaired) electrons. The summed E-state index contributed by atoms with van der Waals surface area (Å²) in [5.41, 5.74) is 2.65. The molecule has 128 valence electrons. The highest BCUT2D eigenvalue weighted by Crippen LogP contribution is 2.42. The maximum absolute atomic E-state index is 5.93. The van der Waals surface area contributed by atoms with Crippen LogP contribution in [0, 0.1) is 5.41 Å². The van der Waals surface area contributed by atoms with Crippen molar-refractivity contribution in [1.29, 1.82) is 0 Å². The molecule has 2 saturated heterocycles. The maximum Gasteiger partial charge on any atom is 0.0814 e. The van der Waals surface area contributed by atoms with E-state index in [-0.39, 0.29) is 0 Å². The Balaban J connectivity index is 1.36. The molecule has 1 aromatic heterocycles. The summed E-state index contributed by atoms with van der Waals surface area (Å²) in [5.74, 6) is 0. The van der Waals surface area contributed by atoms with Gasteiger partial charge in [0.15, 0.2) is 0 Å². The quantitative estimate of drug-likeness (QED) is 0.864. The van der Waals surface area contributed by atoms with Crippen molar-refractivity contribution in [3.63, 3.8) is 0 Å². The lowest BCUT2D eigenvalue weighted by atomic mass is 9.76. The third-order valence-electron chi connectivity index (χ3n) is 5.60. The van der Waals surface area contributed by atoms with Crippen LogP contribution >= 0.6 is 0 Å². The van der Waals surface area contributed by atoms with Crippen molar-refractivity contribution in [2.75, 3.05) is 33.4 Å². The van der Waals surface area contributed by atoms with E-state index >= 15 is 0 Å². The van der Waals surface area contributed by atoms with Gasteiger partial charge in [0.2, 0.25) is 0 Å². The summed E-state index contributed by atoms with van der Waals surface area (Å²) in [6, 6.07) is 12.7. The number of methoxy groups -OCH3 is 1. The summed E-state index contributed by atoms with van der Waals surface area (Å²) in [7, 11) is 1.76. The lowest BCUT2D eigenvalue weighted by Gasteiger charge is -2.38. The summed E-state index contributed by atoms with van der Waals surface area (Å²) in [6.45, 7) is 4.86. The van der Waals surface area contributed by atoms with Crippen molar-refractivity contribution in [3.8, 4) is 0 Å². The van der Waals surface area contributed by atoms with Gasteiger partial charge in [0.05, 0.1) is 30.5 Å². The predicted molar refractivity (Wildman–Crippen MR) is 94.9 cm³/mol. The van der Waals surface area contributed by atoms with Gasteiger partial charge in [-0.25, -0.2) is 0 Å². The first-order chi connectivity index (χ1) is 11.8. The van der Waals surface area contributed by atoms with E-state index in [9.17, 15) is 0 Å². The lowest BCUT2D eigenvalue weighted by molar-refractivity contribution is 0.0283. The van der Waals surface area contributed by atoms with Crippen LogP contribution in [0.2, 0.25) is 0 Å². The van der Waals surface area contributed by atoms with Gasteiger partial charge in [-0.05, 0) is 49.9 Å². The highest BCUT2D eigenvalue weighted by atomic mass is 16.5. The van der Waals surface area contributed by atoms with Crippen LogP contribution in [0.4, 0.5) is 0 Å². The highest BCUT2D eigenvalue weighted by Gasteiger charge is 2.42. The molecule has 4 nitrogen and oxygen atoms in total. The minimum atomic E-state index is 0.295. The number of para-hydroxylation sites is 1. The van der Waals surface area contributed by atoms with E-state index in [1.807, 2.05) is 0 Å². The molecule has 4 rings (SSSR count). The van der Waals surface area contributed by atoms with Gasteiger partial charge in [0.25, 0.3) is 0 Å². The van der Waals surface area contributed by atoms with Crippen LogP contribution in [0.3, 0.4) is 0 Å². The van der Waals surface area contributed by atoms with Gasteiger partial charge in [0, 0.05) is 19.0 Å². The van der Waals surface area contributed by atoms with Crippen molar-refractivity contribution in [2.24, 2.45) is 5.41 Å². The molecule has 2 fully saturated rings. The van der Waals surface area contributed by atoms with Crippen molar-refractivity contribution in [3.05, 3.63) is 42.1 Å². The van der Waals surface area contributed by atoms with Gasteiger partial charge in [-0.2, -0.15) is 0 Å². The molecule has 3 heterocycles. The molecule has 2 aliphatic rings. The first kappa shape index (κ1) is 16.0. The van der Waals surface area contributed by atoms with Crippen LogP contribution in [-0.2, 0) is 16.0 Å². The average molecular weight is 326 g/mol. The minimum absolute atomic E-state index is 0.295. The van der Waals surface area contributed by atoms with E-state index in [4.69, 9.17) is 14.5 Å². The van der Waals surface area contributed by atoms with E-state index in [0.717, 1.165) is 44.8 Å². The summed E-state index contributed by atoms with van der Waals surface area (Å²) >= 11 is 0. The van der Waals surface area contributed by atoms with Gasteiger partial charge >= 0.3 is 0 Å². The number of pyridine rings is 1. The SMILES string of the molecule is COC[C@@H]1CC2(CCN(Cc3ccc4ccccc4n3)CC2)CO1. The number of fused-ring (bicyclic) bond motifs is 1. The standard InChI is InChI=1S/C20H26N2O2/c1-23-14-18-12-20(15-24-18)8-10-22(11-9-20)13-17-7-6-16-4-2-3-5-19(16)21-17/h2-7,18H,8-15H2,1H3/t18-/m0/s1. The Morgan fingerprint density at radius 1 is 1.21 bits per heavy atom. The third kappa shape index (κ3) is 3.32. The van der Waals surface area contributed by atoms with Crippen molar-refractivity contribution in [2.45, 2.75) is 31.9 Å². The maximum atomic E-state index is 5.93. The van der Waals surface area contributed by atoms with Crippen LogP contribution in [0.5, 0.6) is 0 Å². The number of piperidine rings is 1. The zero-order valence-corrected chi connectivity index (χ0v) is 14.4. The fourth-order valence-corrected chi connectivity index (χ4v) is 4.15. The average Bonchev–Trinajstić information content (AvgIpc) is 3.00. The number of rotatable bonds is 4. The van der Waals surface area contributed by atoms with Gasteiger partial charge in [-0.15, -0.1) is 0 Å². The summed E-state index contributed by atoms with van der Waals surface area (Å²) in [4.78, 5) is 7.35. The molecule has 0 unspecified atom stereocenters. The van der Waals surface area contributed by atoms with Crippen molar-refractivity contribution < 1.29 is 9.47 Å². The number of ether oxygens (including phenoxy) is 2. The van der Waals surface area contributed by atoms with Crippen molar-refractivity contribution in [1.82, 2.24) is 9.88 Å². The molecule has 2 aliphatic heterocycles. The summed E-state index contributed by atoms with van der Waals surface area (Å²) in [5, 5.41) is 1.21. The largest absolute Gasteiger partial charge is 0.382 e. The highest BCUT2D eigenvalue weighted by molar-refractivity contribution is 5.78. The number of nitrogens with zero attached hydrogens (tertiary/aromatic N) is 2. The Morgan fingerprint density at radius 3 is 2.88 bits per heavy atom. The molecule has 1 spiro atoms. The lowest BCUT2D eigenvalue weighted by Crippen LogP contribution is -2.40. The summed E-state index contributed by atoms with van der Waals surface area (Å²) < 4.78 is 11.2. The molecular formula is C20H26N2O2. The molecule has 0 saturated carbocycles. The van der Waals surface area contributed by atoms with Gasteiger partial charge in [-0.3, -0.25) is 9.88 Å². The molecule has 24 heavy (non-hydrogen) atoms. The number of hydrogen-bond donors (Lipinski definition) is 0. The van der Waals surface area contributed by atoms with Gasteiger partial charge in [-0.1, -0.05) is 24.3 Å². The number of aromatic nitrogens is 1. The first-order valence-corrected chi connectivity index (χ1v) is 8.94. The van der Waals surface area contributed by atoms with Crippen LogP contribution in [-0.4, -0.2) is 49.4 Å². The van der Waals surface area contributed by atoms with Gasteiger partial charge in [0.1, 0.15) is 0 Å². The minimum Gasteiger partial charge on any atom is -0.382 e. The Labute approximate surface area is 143 Å². The zero-order valence-electron chi connectivity index (χ0n) is 14.4. The molecule has 2 aromatic rings. The van der Waals surface area contributed by atoms with E-state index in [2.05, 4.69) is 41.3 Å². The topological polar surface area (TPSA) is 34.6 Å². The fourth-order valence-electron chi connectivity index (χ4n) is 4.15. The normalized spacial score (nSPS) is 24.0. The molecule has 0 amide bonds. The Hall–Kier alpha value is -1.49.